The molecule has 0 spiro atoms. The van der Waals surface area contributed by atoms with Crippen molar-refractivity contribution < 1.29 is 24.3 Å². The second-order valence-corrected chi connectivity index (χ2v) is 9.01. The van der Waals surface area contributed by atoms with Gasteiger partial charge in [0.15, 0.2) is 0 Å². The number of hydrogen-bond donors (Lipinski definition) is 1. The van der Waals surface area contributed by atoms with Crippen LogP contribution in [0.15, 0.2) is 18.2 Å². The molecule has 5 rings (SSSR count). The molecule has 1 aromatic carbocycles. The van der Waals surface area contributed by atoms with Gasteiger partial charge >= 0.3 is 11.7 Å². The summed E-state index contributed by atoms with van der Waals surface area (Å²) in [5.74, 6) is 1.52. The molecule has 0 saturated heterocycles. The number of ether oxygens (including phenoxy) is 2. The zero-order valence-electron chi connectivity index (χ0n) is 16.2. The quantitative estimate of drug-likeness (QED) is 0.419. The van der Waals surface area contributed by atoms with E-state index in [0.29, 0.717) is 11.8 Å². The second-order valence-electron chi connectivity index (χ2n) is 9.01. The Morgan fingerprint density at radius 1 is 1.14 bits per heavy atom. The third-order valence-electron chi connectivity index (χ3n) is 6.62. The van der Waals surface area contributed by atoms with Gasteiger partial charge in [-0.2, -0.15) is 0 Å². The molecule has 1 N–H and O–H groups in total. The molecule has 7 nitrogen and oxygen atoms in total. The van der Waals surface area contributed by atoms with Crippen molar-refractivity contribution in [3.8, 4) is 5.75 Å². The molecule has 0 aromatic heterocycles. The van der Waals surface area contributed by atoms with Gasteiger partial charge in [-0.25, -0.2) is 4.79 Å². The molecule has 28 heavy (non-hydrogen) atoms. The first-order valence-electron chi connectivity index (χ1n) is 10.2. The summed E-state index contributed by atoms with van der Waals surface area (Å²) < 4.78 is 12.4. The van der Waals surface area contributed by atoms with Gasteiger partial charge in [-0.05, 0) is 61.8 Å². The van der Waals surface area contributed by atoms with E-state index in [9.17, 15) is 20.0 Å². The lowest BCUT2D eigenvalue weighted by atomic mass is 9.55. The Morgan fingerprint density at radius 3 is 2.25 bits per heavy atom. The lowest BCUT2D eigenvalue weighted by Crippen LogP contribution is -2.51. The van der Waals surface area contributed by atoms with E-state index in [-0.39, 0.29) is 29.0 Å². The maximum Gasteiger partial charge on any atom is 0.335 e. The molecule has 4 fully saturated rings. The summed E-state index contributed by atoms with van der Waals surface area (Å²) in [5, 5.41) is 20.6. The SMILES string of the molecule is CC(C)C(Oc1cc(C(=O)O)ccc1[N+](=O)[O-])OC1C2CC3CC(C2)CC1C3. The van der Waals surface area contributed by atoms with Crippen LogP contribution in [0.1, 0.15) is 56.3 Å². The number of nitro benzene ring substituents is 1. The first-order chi connectivity index (χ1) is 13.3. The van der Waals surface area contributed by atoms with E-state index in [1.165, 1.54) is 50.3 Å². The number of rotatable bonds is 7. The Balaban J connectivity index is 1.55. The minimum atomic E-state index is -1.15. The average Bonchev–Trinajstić information content (AvgIpc) is 2.62. The van der Waals surface area contributed by atoms with Gasteiger partial charge in [-0.15, -0.1) is 0 Å². The van der Waals surface area contributed by atoms with Crippen molar-refractivity contribution in [1.82, 2.24) is 0 Å². The standard InChI is InChI=1S/C21H27NO6/c1-11(2)21(27-18-10-14(20(23)24)3-4-17(18)22(25)26)28-19-15-6-12-5-13(8-15)9-16(19)7-12/h3-4,10-13,15-16,19,21H,5-9H2,1-2H3,(H,23,24). The van der Waals surface area contributed by atoms with Crippen LogP contribution < -0.4 is 4.74 Å². The predicted octanol–water partition coefficient (Wildman–Crippen LogP) is 4.50. The summed E-state index contributed by atoms with van der Waals surface area (Å²) in [6.07, 6.45) is 5.66. The number of aromatic carboxylic acids is 1. The zero-order chi connectivity index (χ0) is 20.0. The molecule has 0 amide bonds. The number of nitrogens with zero attached hydrogens (tertiary/aromatic N) is 1. The first kappa shape index (κ1) is 19.2. The van der Waals surface area contributed by atoms with E-state index in [1.807, 2.05) is 13.8 Å². The summed E-state index contributed by atoms with van der Waals surface area (Å²) in [4.78, 5) is 22.1. The maximum atomic E-state index is 11.4. The fourth-order valence-electron chi connectivity index (χ4n) is 5.59. The molecule has 4 aliphatic rings. The van der Waals surface area contributed by atoms with Gasteiger partial charge in [-0.1, -0.05) is 13.8 Å². The zero-order valence-corrected chi connectivity index (χ0v) is 16.2. The van der Waals surface area contributed by atoms with Crippen LogP contribution in [0.25, 0.3) is 0 Å². The largest absolute Gasteiger partial charge is 0.478 e. The molecule has 4 saturated carbocycles. The van der Waals surface area contributed by atoms with E-state index in [2.05, 4.69) is 0 Å². The molecule has 1 unspecified atom stereocenters. The minimum Gasteiger partial charge on any atom is -0.478 e. The van der Waals surface area contributed by atoms with Crippen molar-refractivity contribution in [1.29, 1.82) is 0 Å². The fourth-order valence-corrected chi connectivity index (χ4v) is 5.59. The van der Waals surface area contributed by atoms with Gasteiger partial charge < -0.3 is 14.6 Å². The Hall–Kier alpha value is -2.15. The number of carboxylic acid groups (broad SMARTS) is 1. The lowest BCUT2D eigenvalue weighted by Gasteiger charge is -2.54. The van der Waals surface area contributed by atoms with E-state index >= 15 is 0 Å². The third kappa shape index (κ3) is 3.60. The summed E-state index contributed by atoms with van der Waals surface area (Å²) in [7, 11) is 0. The summed E-state index contributed by atoms with van der Waals surface area (Å²) in [6, 6.07) is 3.62. The lowest BCUT2D eigenvalue weighted by molar-refractivity contribution is -0.386. The summed E-state index contributed by atoms with van der Waals surface area (Å²) in [5.41, 5.74) is -0.290. The van der Waals surface area contributed by atoms with E-state index < -0.39 is 17.2 Å². The van der Waals surface area contributed by atoms with Crippen molar-refractivity contribution in [2.24, 2.45) is 29.6 Å². The van der Waals surface area contributed by atoms with E-state index in [0.717, 1.165) is 11.8 Å². The van der Waals surface area contributed by atoms with Crippen LogP contribution in [0.2, 0.25) is 0 Å². The van der Waals surface area contributed by atoms with Gasteiger partial charge in [0, 0.05) is 18.1 Å². The second kappa shape index (κ2) is 7.35. The number of hydrogen-bond acceptors (Lipinski definition) is 5. The molecule has 0 aliphatic heterocycles. The number of benzene rings is 1. The van der Waals surface area contributed by atoms with Crippen molar-refractivity contribution in [2.45, 2.75) is 58.3 Å². The molecule has 7 heteroatoms. The van der Waals surface area contributed by atoms with Crippen LogP contribution in [0.4, 0.5) is 5.69 Å². The van der Waals surface area contributed by atoms with E-state index in [1.54, 1.807) is 0 Å². The number of carbonyl (C=O) groups is 1. The van der Waals surface area contributed by atoms with Gasteiger partial charge in [0.05, 0.1) is 16.6 Å². The van der Waals surface area contributed by atoms with Gasteiger partial charge in [0.2, 0.25) is 12.0 Å². The predicted molar refractivity (Wildman–Crippen MR) is 101 cm³/mol. The molecule has 0 heterocycles. The van der Waals surface area contributed by atoms with Crippen molar-refractivity contribution >= 4 is 11.7 Å². The fraction of sp³-hybridized carbons (Fsp3) is 0.667. The molecule has 1 atom stereocenters. The van der Waals surface area contributed by atoms with Crippen LogP contribution in [-0.2, 0) is 4.74 Å². The maximum absolute atomic E-state index is 11.4. The molecule has 4 aliphatic carbocycles. The Bertz CT molecular complexity index is 748. The molecule has 1 aromatic rings. The highest BCUT2D eigenvalue weighted by Crippen LogP contribution is 2.55. The number of nitro groups is 1. The molecular formula is C21H27NO6. The van der Waals surface area contributed by atoms with Crippen molar-refractivity contribution in [3.63, 3.8) is 0 Å². The van der Waals surface area contributed by atoms with Crippen LogP contribution in [-0.4, -0.2) is 28.4 Å². The first-order valence-corrected chi connectivity index (χ1v) is 10.2. The van der Waals surface area contributed by atoms with Crippen LogP contribution in [0.3, 0.4) is 0 Å². The van der Waals surface area contributed by atoms with Gasteiger partial charge in [-0.3, -0.25) is 10.1 Å². The highest BCUT2D eigenvalue weighted by Gasteiger charge is 2.49. The highest BCUT2D eigenvalue weighted by molar-refractivity contribution is 5.88. The van der Waals surface area contributed by atoms with Gasteiger partial charge in [0.1, 0.15) is 0 Å². The Kier molecular flexibility index (Phi) is 5.04. The number of carboxylic acids is 1. The third-order valence-corrected chi connectivity index (χ3v) is 6.62. The summed E-state index contributed by atoms with van der Waals surface area (Å²) >= 11 is 0. The highest BCUT2D eigenvalue weighted by atomic mass is 16.7. The Morgan fingerprint density at radius 2 is 1.75 bits per heavy atom. The summed E-state index contributed by atoms with van der Waals surface area (Å²) in [6.45, 7) is 3.90. The van der Waals surface area contributed by atoms with Crippen LogP contribution in [0, 0.1) is 39.7 Å². The normalized spacial score (nSPS) is 31.8. The minimum absolute atomic E-state index is 0.0229. The van der Waals surface area contributed by atoms with Gasteiger partial charge in [0.25, 0.3) is 0 Å². The van der Waals surface area contributed by atoms with Crippen LogP contribution >= 0.6 is 0 Å². The monoisotopic (exact) mass is 389 g/mol. The topological polar surface area (TPSA) is 98.9 Å². The van der Waals surface area contributed by atoms with Crippen molar-refractivity contribution in [2.75, 3.05) is 0 Å². The van der Waals surface area contributed by atoms with Crippen molar-refractivity contribution in [3.05, 3.63) is 33.9 Å². The smallest absolute Gasteiger partial charge is 0.335 e. The molecular weight excluding hydrogens is 362 g/mol. The average molecular weight is 389 g/mol. The van der Waals surface area contributed by atoms with E-state index in [4.69, 9.17) is 9.47 Å². The molecule has 152 valence electrons. The van der Waals surface area contributed by atoms with Crippen LogP contribution in [0.5, 0.6) is 5.75 Å². The molecule has 4 bridgehead atoms. The Labute approximate surface area is 164 Å². The molecule has 0 radical (unpaired) electrons.